The molecule has 1 aliphatic rings. The predicted molar refractivity (Wildman–Crippen MR) is 74.3 cm³/mol. The van der Waals surface area contributed by atoms with Crippen molar-refractivity contribution in [2.24, 2.45) is 5.92 Å². The zero-order chi connectivity index (χ0) is 12.6. The second-order valence-electron chi connectivity index (χ2n) is 4.33. The van der Waals surface area contributed by atoms with Gasteiger partial charge in [-0.3, -0.25) is 0 Å². The minimum atomic E-state index is -0.247. The number of hydrogen-bond donors (Lipinski definition) is 0. The molecule has 1 fully saturated rings. The van der Waals surface area contributed by atoms with Crippen LogP contribution < -0.4 is 0 Å². The summed E-state index contributed by atoms with van der Waals surface area (Å²) in [6, 6.07) is 3.08. The van der Waals surface area contributed by atoms with Crippen molar-refractivity contribution in [1.29, 1.82) is 0 Å². The molecule has 2 rings (SSSR count). The summed E-state index contributed by atoms with van der Waals surface area (Å²) in [5, 5.41) is 0.526. The standard InChI is InChI=1S/C12H12Br2ClFO/c1-6-2-7(5-17-6)12(14)8-3-10(15)9(13)4-11(8)16/h3-4,6-7,12H,2,5H2,1H3. The van der Waals surface area contributed by atoms with Gasteiger partial charge in [-0.2, -0.15) is 0 Å². The smallest absolute Gasteiger partial charge is 0.128 e. The summed E-state index contributed by atoms with van der Waals surface area (Å²) < 4.78 is 20.0. The van der Waals surface area contributed by atoms with Crippen molar-refractivity contribution in [1.82, 2.24) is 0 Å². The summed E-state index contributed by atoms with van der Waals surface area (Å²) >= 11 is 12.8. The molecule has 0 radical (unpaired) electrons. The van der Waals surface area contributed by atoms with Crippen LogP contribution in [0.2, 0.25) is 5.02 Å². The SMILES string of the molecule is CC1CC(C(Br)c2cc(Cl)c(Br)cc2F)CO1. The molecule has 3 atom stereocenters. The Labute approximate surface area is 122 Å². The van der Waals surface area contributed by atoms with Gasteiger partial charge in [0.15, 0.2) is 0 Å². The Balaban J connectivity index is 2.24. The largest absolute Gasteiger partial charge is 0.378 e. The molecule has 0 N–H and O–H groups in total. The molecule has 0 amide bonds. The first-order valence-corrected chi connectivity index (χ1v) is 7.47. The quantitative estimate of drug-likeness (QED) is 0.507. The summed E-state index contributed by atoms with van der Waals surface area (Å²) in [6.45, 7) is 2.69. The molecule has 0 spiro atoms. The van der Waals surface area contributed by atoms with E-state index in [9.17, 15) is 4.39 Å². The molecule has 1 saturated heterocycles. The van der Waals surface area contributed by atoms with E-state index in [1.54, 1.807) is 6.07 Å². The van der Waals surface area contributed by atoms with Crippen LogP contribution in [0.5, 0.6) is 0 Å². The highest BCUT2D eigenvalue weighted by molar-refractivity contribution is 9.10. The maximum absolute atomic E-state index is 13.9. The van der Waals surface area contributed by atoms with Crippen molar-refractivity contribution in [2.45, 2.75) is 24.3 Å². The zero-order valence-corrected chi connectivity index (χ0v) is 13.1. The van der Waals surface area contributed by atoms with Gasteiger partial charge in [0.25, 0.3) is 0 Å². The van der Waals surface area contributed by atoms with Gasteiger partial charge in [-0.15, -0.1) is 0 Å². The van der Waals surface area contributed by atoms with E-state index in [4.69, 9.17) is 16.3 Å². The Morgan fingerprint density at radius 1 is 1.53 bits per heavy atom. The Kier molecular flexibility index (Phi) is 4.50. The molecule has 0 saturated carbocycles. The van der Waals surface area contributed by atoms with E-state index in [0.717, 1.165) is 6.42 Å². The third-order valence-corrected chi connectivity index (χ3v) is 5.42. The first-order chi connectivity index (χ1) is 7.99. The third-order valence-electron chi connectivity index (χ3n) is 2.98. The van der Waals surface area contributed by atoms with Crippen molar-refractivity contribution >= 4 is 43.5 Å². The van der Waals surface area contributed by atoms with Gasteiger partial charge in [0.05, 0.1) is 17.7 Å². The van der Waals surface area contributed by atoms with Gasteiger partial charge in [-0.1, -0.05) is 27.5 Å². The van der Waals surface area contributed by atoms with E-state index in [1.807, 2.05) is 6.92 Å². The minimum absolute atomic E-state index is 0.0574. The van der Waals surface area contributed by atoms with E-state index < -0.39 is 0 Å². The summed E-state index contributed by atoms with van der Waals surface area (Å²) in [6.07, 6.45) is 1.18. The molecule has 0 aromatic heterocycles. The summed E-state index contributed by atoms with van der Waals surface area (Å²) in [5.41, 5.74) is 0.598. The fourth-order valence-electron chi connectivity index (χ4n) is 2.06. The van der Waals surface area contributed by atoms with Crippen LogP contribution in [0.4, 0.5) is 4.39 Å². The van der Waals surface area contributed by atoms with Gasteiger partial charge in [-0.05, 0) is 41.4 Å². The number of halogens is 4. The predicted octanol–water partition coefficient (Wildman–Crippen LogP) is 5.10. The van der Waals surface area contributed by atoms with Gasteiger partial charge < -0.3 is 4.74 Å². The first-order valence-electron chi connectivity index (χ1n) is 5.39. The van der Waals surface area contributed by atoms with Crippen LogP contribution in [0.15, 0.2) is 16.6 Å². The molecule has 1 aromatic rings. The van der Waals surface area contributed by atoms with Crippen molar-refractivity contribution in [3.05, 3.63) is 33.0 Å². The Morgan fingerprint density at radius 2 is 2.24 bits per heavy atom. The van der Waals surface area contributed by atoms with Gasteiger partial charge in [-0.25, -0.2) is 4.39 Å². The van der Waals surface area contributed by atoms with E-state index in [0.29, 0.717) is 21.7 Å². The van der Waals surface area contributed by atoms with Crippen LogP contribution in [0.25, 0.3) is 0 Å². The second kappa shape index (κ2) is 5.55. The molecule has 17 heavy (non-hydrogen) atoms. The molecule has 94 valence electrons. The maximum atomic E-state index is 13.9. The molecule has 1 aliphatic heterocycles. The van der Waals surface area contributed by atoms with Crippen LogP contribution in [-0.4, -0.2) is 12.7 Å². The highest BCUT2D eigenvalue weighted by Gasteiger charge is 2.30. The van der Waals surface area contributed by atoms with Crippen LogP contribution in [0, 0.1) is 11.7 Å². The molecule has 1 nitrogen and oxygen atoms in total. The monoisotopic (exact) mass is 384 g/mol. The van der Waals surface area contributed by atoms with Gasteiger partial charge >= 0.3 is 0 Å². The van der Waals surface area contributed by atoms with Gasteiger partial charge in [0, 0.05) is 20.8 Å². The molecular formula is C12H12Br2ClFO. The summed E-state index contributed by atoms with van der Waals surface area (Å²) in [4.78, 5) is -0.0574. The summed E-state index contributed by atoms with van der Waals surface area (Å²) in [5.74, 6) is 0.0412. The fourth-order valence-corrected chi connectivity index (χ4v) is 3.26. The lowest BCUT2D eigenvalue weighted by atomic mass is 9.96. The number of rotatable bonds is 2. The Morgan fingerprint density at radius 3 is 2.82 bits per heavy atom. The maximum Gasteiger partial charge on any atom is 0.128 e. The second-order valence-corrected chi connectivity index (χ2v) is 6.58. The van der Waals surface area contributed by atoms with Crippen molar-refractivity contribution < 1.29 is 9.13 Å². The Bertz CT molecular complexity index is 427. The van der Waals surface area contributed by atoms with Crippen LogP contribution in [-0.2, 0) is 4.74 Å². The minimum Gasteiger partial charge on any atom is -0.378 e. The highest BCUT2D eigenvalue weighted by Crippen LogP contribution is 2.40. The Hall–Kier alpha value is 0.360. The molecule has 5 heteroatoms. The highest BCUT2D eigenvalue weighted by atomic mass is 79.9. The topological polar surface area (TPSA) is 9.23 Å². The van der Waals surface area contributed by atoms with Crippen molar-refractivity contribution in [3.63, 3.8) is 0 Å². The molecule has 1 heterocycles. The average Bonchev–Trinajstić information content (AvgIpc) is 2.69. The van der Waals surface area contributed by atoms with E-state index in [-0.39, 0.29) is 22.7 Å². The van der Waals surface area contributed by atoms with Crippen LogP contribution >= 0.6 is 43.5 Å². The van der Waals surface area contributed by atoms with E-state index >= 15 is 0 Å². The van der Waals surface area contributed by atoms with E-state index in [1.165, 1.54) is 6.07 Å². The van der Waals surface area contributed by atoms with Crippen LogP contribution in [0.1, 0.15) is 23.7 Å². The molecule has 0 aliphatic carbocycles. The molecule has 0 bridgehead atoms. The molecule has 3 unspecified atom stereocenters. The normalized spacial score (nSPS) is 26.2. The van der Waals surface area contributed by atoms with Gasteiger partial charge in [0.2, 0.25) is 0 Å². The number of ether oxygens (including phenoxy) is 1. The fraction of sp³-hybridized carbons (Fsp3) is 0.500. The molecular weight excluding hydrogens is 374 g/mol. The summed E-state index contributed by atoms with van der Waals surface area (Å²) in [7, 11) is 0. The lowest BCUT2D eigenvalue weighted by Gasteiger charge is -2.17. The number of alkyl halides is 1. The van der Waals surface area contributed by atoms with Crippen molar-refractivity contribution in [3.8, 4) is 0 Å². The lowest BCUT2D eigenvalue weighted by molar-refractivity contribution is 0.120. The van der Waals surface area contributed by atoms with E-state index in [2.05, 4.69) is 31.9 Å². The zero-order valence-electron chi connectivity index (χ0n) is 9.22. The average molecular weight is 386 g/mol. The number of hydrogen-bond acceptors (Lipinski definition) is 1. The third kappa shape index (κ3) is 3.03. The van der Waals surface area contributed by atoms with Crippen molar-refractivity contribution in [2.75, 3.05) is 6.61 Å². The number of benzene rings is 1. The lowest BCUT2D eigenvalue weighted by Crippen LogP contribution is -2.09. The van der Waals surface area contributed by atoms with Crippen LogP contribution in [0.3, 0.4) is 0 Å². The van der Waals surface area contributed by atoms with Gasteiger partial charge in [0.1, 0.15) is 5.82 Å². The molecule has 1 aromatic carbocycles. The first kappa shape index (κ1) is 13.8.